The summed E-state index contributed by atoms with van der Waals surface area (Å²) in [6.07, 6.45) is 0. The number of aryl methyl sites for hydroxylation is 1. The van der Waals surface area contributed by atoms with Crippen LogP contribution in [0.4, 0.5) is 0 Å². The molecule has 0 bridgehead atoms. The fraction of sp³-hybridized carbons (Fsp3) is 0.600. The SMILES string of the molecule is COc1cc(C)c(C(N)C(CO)C(C)C)cc1OC. The van der Waals surface area contributed by atoms with Gasteiger partial charge in [0.25, 0.3) is 0 Å². The molecule has 0 aliphatic rings. The van der Waals surface area contributed by atoms with Crippen molar-refractivity contribution in [2.24, 2.45) is 17.6 Å². The van der Waals surface area contributed by atoms with Gasteiger partial charge >= 0.3 is 0 Å². The van der Waals surface area contributed by atoms with E-state index in [1.54, 1.807) is 14.2 Å². The molecule has 0 spiro atoms. The van der Waals surface area contributed by atoms with Gasteiger partial charge in [-0.1, -0.05) is 13.8 Å². The maximum absolute atomic E-state index is 9.51. The fourth-order valence-corrected chi connectivity index (χ4v) is 2.33. The van der Waals surface area contributed by atoms with Gasteiger partial charge in [0.15, 0.2) is 11.5 Å². The highest BCUT2D eigenvalue weighted by molar-refractivity contribution is 5.48. The van der Waals surface area contributed by atoms with Crippen molar-refractivity contribution in [1.82, 2.24) is 0 Å². The van der Waals surface area contributed by atoms with Crippen LogP contribution >= 0.6 is 0 Å². The van der Waals surface area contributed by atoms with Crippen molar-refractivity contribution in [2.45, 2.75) is 26.8 Å². The van der Waals surface area contributed by atoms with Gasteiger partial charge in [-0.05, 0) is 36.1 Å². The number of rotatable bonds is 6. The first-order valence-electron chi connectivity index (χ1n) is 6.55. The second-order valence-electron chi connectivity index (χ2n) is 5.18. The normalized spacial score (nSPS) is 14.3. The summed E-state index contributed by atoms with van der Waals surface area (Å²) in [7, 11) is 3.22. The summed E-state index contributed by atoms with van der Waals surface area (Å²) < 4.78 is 10.6. The van der Waals surface area contributed by atoms with Gasteiger partial charge in [-0.3, -0.25) is 0 Å². The third-order valence-electron chi connectivity index (χ3n) is 3.66. The average Bonchev–Trinajstić information content (AvgIpc) is 2.38. The summed E-state index contributed by atoms with van der Waals surface area (Å²) in [6, 6.07) is 3.61. The third kappa shape index (κ3) is 3.39. The molecule has 2 unspecified atom stereocenters. The molecule has 0 radical (unpaired) electrons. The van der Waals surface area contributed by atoms with Crippen molar-refractivity contribution in [3.8, 4) is 11.5 Å². The first-order chi connectivity index (χ1) is 8.96. The minimum Gasteiger partial charge on any atom is -0.493 e. The number of hydrogen-bond acceptors (Lipinski definition) is 4. The van der Waals surface area contributed by atoms with E-state index >= 15 is 0 Å². The van der Waals surface area contributed by atoms with Gasteiger partial charge in [-0.15, -0.1) is 0 Å². The predicted molar refractivity (Wildman–Crippen MR) is 76.6 cm³/mol. The second kappa shape index (κ2) is 6.78. The average molecular weight is 267 g/mol. The van der Waals surface area contributed by atoms with E-state index in [4.69, 9.17) is 15.2 Å². The molecule has 0 heterocycles. The van der Waals surface area contributed by atoms with Crippen molar-refractivity contribution >= 4 is 0 Å². The van der Waals surface area contributed by atoms with Crippen LogP contribution in [-0.2, 0) is 0 Å². The third-order valence-corrected chi connectivity index (χ3v) is 3.66. The molecular weight excluding hydrogens is 242 g/mol. The van der Waals surface area contributed by atoms with Crippen LogP contribution in [0.5, 0.6) is 11.5 Å². The van der Waals surface area contributed by atoms with Crippen LogP contribution in [-0.4, -0.2) is 25.9 Å². The summed E-state index contributed by atoms with van der Waals surface area (Å²) in [5.41, 5.74) is 8.35. The number of benzene rings is 1. The molecule has 0 saturated carbocycles. The van der Waals surface area contributed by atoms with Gasteiger partial charge in [-0.2, -0.15) is 0 Å². The number of aliphatic hydroxyl groups excluding tert-OH is 1. The molecule has 4 nitrogen and oxygen atoms in total. The Balaban J connectivity index is 3.19. The van der Waals surface area contributed by atoms with E-state index in [0.717, 1.165) is 11.1 Å². The van der Waals surface area contributed by atoms with Gasteiger partial charge in [0.2, 0.25) is 0 Å². The van der Waals surface area contributed by atoms with Crippen molar-refractivity contribution in [2.75, 3.05) is 20.8 Å². The molecule has 19 heavy (non-hydrogen) atoms. The van der Waals surface area contributed by atoms with E-state index in [0.29, 0.717) is 17.4 Å². The van der Waals surface area contributed by atoms with E-state index in [1.165, 1.54) is 0 Å². The zero-order valence-corrected chi connectivity index (χ0v) is 12.4. The Morgan fingerprint density at radius 3 is 2.11 bits per heavy atom. The summed E-state index contributed by atoms with van der Waals surface area (Å²) in [5, 5.41) is 9.51. The summed E-state index contributed by atoms with van der Waals surface area (Å²) in [6.45, 7) is 6.20. The summed E-state index contributed by atoms with van der Waals surface area (Å²) in [4.78, 5) is 0. The van der Waals surface area contributed by atoms with Crippen LogP contribution < -0.4 is 15.2 Å². The van der Waals surface area contributed by atoms with Crippen LogP contribution in [0.1, 0.15) is 31.0 Å². The van der Waals surface area contributed by atoms with Crippen LogP contribution in [0, 0.1) is 18.8 Å². The number of methoxy groups -OCH3 is 2. The van der Waals surface area contributed by atoms with Crippen molar-refractivity contribution in [3.05, 3.63) is 23.3 Å². The molecule has 0 amide bonds. The van der Waals surface area contributed by atoms with E-state index in [1.807, 2.05) is 19.1 Å². The topological polar surface area (TPSA) is 64.7 Å². The highest BCUT2D eigenvalue weighted by Gasteiger charge is 2.24. The zero-order chi connectivity index (χ0) is 14.6. The van der Waals surface area contributed by atoms with Gasteiger partial charge in [0, 0.05) is 18.6 Å². The van der Waals surface area contributed by atoms with Crippen LogP contribution in [0.3, 0.4) is 0 Å². The van der Waals surface area contributed by atoms with Crippen molar-refractivity contribution in [1.29, 1.82) is 0 Å². The fourth-order valence-electron chi connectivity index (χ4n) is 2.33. The molecule has 0 aromatic heterocycles. The minimum atomic E-state index is -0.218. The largest absolute Gasteiger partial charge is 0.493 e. The standard InChI is InChI=1S/C15H25NO3/c1-9(2)12(8-17)15(16)11-7-14(19-5)13(18-4)6-10(11)3/h6-7,9,12,15,17H,8,16H2,1-5H3. The number of aliphatic hydroxyl groups is 1. The van der Waals surface area contributed by atoms with E-state index in [-0.39, 0.29) is 18.6 Å². The second-order valence-corrected chi connectivity index (χ2v) is 5.18. The van der Waals surface area contributed by atoms with Crippen LogP contribution in [0.15, 0.2) is 12.1 Å². The van der Waals surface area contributed by atoms with Gasteiger partial charge in [0.1, 0.15) is 0 Å². The van der Waals surface area contributed by atoms with Crippen molar-refractivity contribution in [3.63, 3.8) is 0 Å². The zero-order valence-electron chi connectivity index (χ0n) is 12.4. The molecule has 108 valence electrons. The van der Waals surface area contributed by atoms with Gasteiger partial charge in [0.05, 0.1) is 14.2 Å². The van der Waals surface area contributed by atoms with E-state index in [9.17, 15) is 5.11 Å². The Morgan fingerprint density at radius 1 is 1.16 bits per heavy atom. The highest BCUT2D eigenvalue weighted by atomic mass is 16.5. The van der Waals surface area contributed by atoms with E-state index in [2.05, 4.69) is 13.8 Å². The number of hydrogen-bond donors (Lipinski definition) is 2. The Labute approximate surface area is 115 Å². The first kappa shape index (κ1) is 15.8. The molecule has 3 N–H and O–H groups in total. The lowest BCUT2D eigenvalue weighted by Gasteiger charge is -2.27. The lowest BCUT2D eigenvalue weighted by atomic mass is 9.84. The van der Waals surface area contributed by atoms with Crippen LogP contribution in [0.25, 0.3) is 0 Å². The quantitative estimate of drug-likeness (QED) is 0.830. The molecule has 1 aromatic rings. The molecule has 0 fully saturated rings. The van der Waals surface area contributed by atoms with Gasteiger partial charge < -0.3 is 20.3 Å². The molecule has 1 rings (SSSR count). The molecule has 0 aliphatic carbocycles. The molecule has 0 saturated heterocycles. The highest BCUT2D eigenvalue weighted by Crippen LogP contribution is 2.35. The lowest BCUT2D eigenvalue weighted by Crippen LogP contribution is -2.29. The van der Waals surface area contributed by atoms with E-state index < -0.39 is 0 Å². The monoisotopic (exact) mass is 267 g/mol. The Morgan fingerprint density at radius 2 is 1.68 bits per heavy atom. The number of ether oxygens (including phenoxy) is 2. The van der Waals surface area contributed by atoms with Gasteiger partial charge in [-0.25, -0.2) is 0 Å². The number of nitrogens with two attached hydrogens (primary N) is 1. The molecule has 4 heteroatoms. The maximum atomic E-state index is 9.51. The predicted octanol–water partition coefficient (Wildman–Crippen LogP) is 2.28. The molecule has 2 atom stereocenters. The molecular formula is C15H25NO3. The molecule has 1 aromatic carbocycles. The Hall–Kier alpha value is -1.26. The maximum Gasteiger partial charge on any atom is 0.161 e. The minimum absolute atomic E-state index is 0.0248. The Kier molecular flexibility index (Phi) is 5.63. The summed E-state index contributed by atoms with van der Waals surface area (Å²) in [5.74, 6) is 1.70. The van der Waals surface area contributed by atoms with Crippen molar-refractivity contribution < 1.29 is 14.6 Å². The van der Waals surface area contributed by atoms with Crippen LogP contribution in [0.2, 0.25) is 0 Å². The summed E-state index contributed by atoms with van der Waals surface area (Å²) >= 11 is 0. The Bertz CT molecular complexity index is 418. The first-order valence-corrected chi connectivity index (χ1v) is 6.55. The smallest absolute Gasteiger partial charge is 0.161 e. The molecule has 0 aliphatic heterocycles. The lowest BCUT2D eigenvalue weighted by molar-refractivity contribution is 0.165.